The van der Waals surface area contributed by atoms with E-state index in [-0.39, 0.29) is 17.1 Å². The topological polar surface area (TPSA) is 49.7 Å². The fraction of sp³-hybridized carbons (Fsp3) is 0.500. The van der Waals surface area contributed by atoms with Crippen LogP contribution >= 0.6 is 23.8 Å². The third-order valence-electron chi connectivity index (χ3n) is 7.53. The van der Waals surface area contributed by atoms with E-state index in [0.717, 1.165) is 11.3 Å². The fourth-order valence-corrected chi connectivity index (χ4v) is 6.30. The molecule has 0 unspecified atom stereocenters. The lowest BCUT2D eigenvalue weighted by atomic mass is 9.53. The van der Waals surface area contributed by atoms with Gasteiger partial charge in [0.2, 0.25) is 5.91 Å². The maximum absolute atomic E-state index is 14.1. The quantitative estimate of drug-likeness (QED) is 0.310. The summed E-state index contributed by atoms with van der Waals surface area (Å²) in [7, 11) is 1.78. The van der Waals surface area contributed by atoms with Gasteiger partial charge in [0.15, 0.2) is 11.3 Å². The third-order valence-corrected chi connectivity index (χ3v) is 8.25. The number of hydrogen-bond acceptors (Lipinski definition) is 4. The number of nitrogens with zero attached hydrogens (tertiary/aromatic N) is 2. The van der Waals surface area contributed by atoms with Crippen LogP contribution in [0.15, 0.2) is 35.8 Å². The second-order valence-electron chi connectivity index (χ2n) is 8.91. The molecule has 0 aromatic heterocycles. The summed E-state index contributed by atoms with van der Waals surface area (Å²) in [5, 5.41) is 2.09. The summed E-state index contributed by atoms with van der Waals surface area (Å²) in [5.41, 5.74) is -0.426. The molecule has 4 rings (SSSR count). The van der Waals surface area contributed by atoms with Gasteiger partial charge in [-0.25, -0.2) is 4.99 Å². The number of thiocarbonyl (C=S) groups is 1. The van der Waals surface area contributed by atoms with Gasteiger partial charge in [-0.05, 0) is 41.2 Å². The monoisotopic (exact) mass is 414 g/mol. The first kappa shape index (κ1) is 19.5. The summed E-state index contributed by atoms with van der Waals surface area (Å²) >= 11 is 11.9. The van der Waals surface area contributed by atoms with Crippen molar-refractivity contribution in [2.75, 3.05) is 11.9 Å². The first-order valence-electron chi connectivity index (χ1n) is 9.41. The molecule has 5 atom stereocenters. The molecule has 1 aromatic carbocycles. The van der Waals surface area contributed by atoms with E-state index in [1.54, 1.807) is 18.0 Å². The zero-order valence-electron chi connectivity index (χ0n) is 16.5. The van der Waals surface area contributed by atoms with E-state index in [4.69, 9.17) is 23.8 Å². The van der Waals surface area contributed by atoms with E-state index in [1.807, 2.05) is 39.0 Å². The minimum absolute atomic E-state index is 0.000659. The summed E-state index contributed by atoms with van der Waals surface area (Å²) in [6.07, 6.45) is 2.18. The second kappa shape index (κ2) is 5.85. The van der Waals surface area contributed by atoms with Crippen LogP contribution < -0.4 is 4.90 Å². The number of anilines is 1. The van der Waals surface area contributed by atoms with Crippen LogP contribution in [-0.4, -0.2) is 29.3 Å². The molecule has 1 saturated carbocycles. The molecule has 2 aliphatic carbocycles. The van der Waals surface area contributed by atoms with Crippen molar-refractivity contribution in [1.29, 1.82) is 0 Å². The van der Waals surface area contributed by atoms with Gasteiger partial charge in [-0.3, -0.25) is 9.59 Å². The molecule has 0 saturated heterocycles. The van der Waals surface area contributed by atoms with Crippen molar-refractivity contribution in [1.82, 2.24) is 0 Å². The van der Waals surface area contributed by atoms with Crippen molar-refractivity contribution in [2.45, 2.75) is 44.0 Å². The number of likely N-dealkylation sites (N-methyl/N-ethyl adjacent to an activating group) is 1. The zero-order chi connectivity index (χ0) is 20.6. The summed E-state index contributed by atoms with van der Waals surface area (Å²) in [6.45, 7) is 9.91. The highest BCUT2D eigenvalue weighted by Crippen LogP contribution is 2.66. The Hall–Kier alpha value is -1.81. The Balaban J connectivity index is 2.24. The summed E-state index contributed by atoms with van der Waals surface area (Å²) < 4.78 is 0. The predicted octanol–water partition coefficient (Wildman–Crippen LogP) is 4.47. The molecule has 3 aliphatic rings. The van der Waals surface area contributed by atoms with Crippen molar-refractivity contribution in [2.24, 2.45) is 21.7 Å². The molecular weight excluding hydrogens is 392 g/mol. The Labute approximate surface area is 175 Å². The summed E-state index contributed by atoms with van der Waals surface area (Å²) in [5.74, 6) is -0.917. The number of rotatable bonds is 2. The van der Waals surface area contributed by atoms with Gasteiger partial charge < -0.3 is 4.90 Å². The number of carbonyl (C=O) groups excluding carboxylic acids is 2. The van der Waals surface area contributed by atoms with Crippen LogP contribution in [0.3, 0.4) is 0 Å². The lowest BCUT2D eigenvalue weighted by Gasteiger charge is -2.52. The van der Waals surface area contributed by atoms with Crippen molar-refractivity contribution in [3.05, 3.63) is 42.0 Å². The molecule has 0 radical (unpaired) electrons. The fourth-order valence-electron chi connectivity index (χ4n) is 5.74. The lowest BCUT2D eigenvalue weighted by molar-refractivity contribution is -0.141. The van der Waals surface area contributed by atoms with Gasteiger partial charge in [0.25, 0.3) is 0 Å². The van der Waals surface area contributed by atoms with E-state index >= 15 is 0 Å². The minimum atomic E-state index is -1.34. The Kier molecular flexibility index (Phi) is 4.08. The maximum atomic E-state index is 14.1. The first-order chi connectivity index (χ1) is 13.1. The van der Waals surface area contributed by atoms with Crippen LogP contribution in [0.5, 0.6) is 0 Å². The molecule has 1 heterocycles. The van der Waals surface area contributed by atoms with Crippen LogP contribution in [0.2, 0.25) is 0 Å². The number of alkyl halides is 1. The molecule has 1 amide bonds. The van der Waals surface area contributed by atoms with Gasteiger partial charge in [0, 0.05) is 29.4 Å². The molecule has 1 aromatic rings. The standard InChI is InChI=1S/C22H23ClN2O2S/c1-6-21(4)15(23)10-13-18(26)22(21,24-11-28)12-8-7-9-14-16(12)17(20(13,2)3)19(27)25(14)5/h6-9,13,15,17H,1,10H2,2-5H3/t13-,15+,17+,21+,22+/m0/s1. The Morgan fingerprint density at radius 1 is 1.36 bits per heavy atom. The van der Waals surface area contributed by atoms with Gasteiger partial charge >= 0.3 is 0 Å². The van der Waals surface area contributed by atoms with E-state index in [9.17, 15) is 9.59 Å². The number of amides is 1. The molecule has 1 aliphatic heterocycles. The molecular formula is C22H23ClN2O2S. The number of ketones is 1. The van der Waals surface area contributed by atoms with Crippen molar-refractivity contribution < 1.29 is 9.59 Å². The highest BCUT2D eigenvalue weighted by Gasteiger charge is 2.69. The third kappa shape index (κ3) is 1.93. The molecule has 0 spiro atoms. The highest BCUT2D eigenvalue weighted by atomic mass is 35.5. The number of Topliss-reactive ketones (excluding diaryl/α,β-unsaturated/α-hetero) is 1. The molecule has 4 nitrogen and oxygen atoms in total. The SMILES string of the molecule is C=C[C@]1(C)[C@H](Cl)C[C@H]2C(=O)[C@]1(N=C=S)c1cccc3c1[C@H](C(=O)N3C)C2(C)C. The average molecular weight is 415 g/mol. The number of carbonyl (C=O) groups is 2. The van der Waals surface area contributed by atoms with Crippen molar-refractivity contribution in [3.8, 4) is 0 Å². The zero-order valence-corrected chi connectivity index (χ0v) is 18.0. The van der Waals surface area contributed by atoms with Crippen molar-refractivity contribution >= 4 is 46.4 Å². The van der Waals surface area contributed by atoms with E-state index < -0.39 is 28.2 Å². The van der Waals surface area contributed by atoms with Crippen molar-refractivity contribution in [3.63, 3.8) is 0 Å². The largest absolute Gasteiger partial charge is 0.315 e. The lowest BCUT2D eigenvalue weighted by Crippen LogP contribution is -2.60. The number of fused-ring (bicyclic) bond motifs is 3. The second-order valence-corrected chi connectivity index (χ2v) is 9.62. The normalized spacial score (nSPS) is 37.8. The van der Waals surface area contributed by atoms with Crippen LogP contribution in [0.1, 0.15) is 44.2 Å². The van der Waals surface area contributed by atoms with Gasteiger partial charge in [-0.2, -0.15) is 0 Å². The Morgan fingerprint density at radius 3 is 2.64 bits per heavy atom. The molecule has 0 N–H and O–H groups in total. The van der Waals surface area contributed by atoms with Crippen LogP contribution in [-0.2, 0) is 15.1 Å². The molecule has 1 fully saturated rings. The number of halogens is 1. The summed E-state index contributed by atoms with van der Waals surface area (Å²) in [4.78, 5) is 33.6. The predicted molar refractivity (Wildman–Crippen MR) is 114 cm³/mol. The first-order valence-corrected chi connectivity index (χ1v) is 10.3. The van der Waals surface area contributed by atoms with E-state index in [2.05, 4.69) is 16.7 Å². The Bertz CT molecular complexity index is 983. The van der Waals surface area contributed by atoms with Gasteiger partial charge in [-0.1, -0.05) is 39.0 Å². The van der Waals surface area contributed by atoms with Crippen LogP contribution in [0.25, 0.3) is 0 Å². The number of aliphatic imine (C=N–C) groups is 1. The van der Waals surface area contributed by atoms with E-state index in [1.165, 1.54) is 0 Å². The van der Waals surface area contributed by atoms with Gasteiger partial charge in [-0.15, -0.1) is 18.2 Å². The minimum Gasteiger partial charge on any atom is -0.315 e. The maximum Gasteiger partial charge on any atom is 0.234 e. The van der Waals surface area contributed by atoms with Crippen LogP contribution in [0, 0.1) is 16.7 Å². The molecule has 28 heavy (non-hydrogen) atoms. The molecule has 6 heteroatoms. The smallest absolute Gasteiger partial charge is 0.234 e. The number of isothiocyanates is 1. The summed E-state index contributed by atoms with van der Waals surface area (Å²) in [6, 6.07) is 5.68. The highest BCUT2D eigenvalue weighted by molar-refractivity contribution is 7.78. The van der Waals surface area contributed by atoms with E-state index in [0.29, 0.717) is 12.0 Å². The Morgan fingerprint density at radius 2 is 2.04 bits per heavy atom. The van der Waals surface area contributed by atoms with Gasteiger partial charge in [0.1, 0.15) is 0 Å². The molecule has 146 valence electrons. The molecule has 2 bridgehead atoms. The van der Waals surface area contributed by atoms with Crippen LogP contribution in [0.4, 0.5) is 5.69 Å². The number of hydrogen-bond donors (Lipinski definition) is 0. The van der Waals surface area contributed by atoms with Gasteiger partial charge in [0.05, 0.1) is 11.1 Å². The number of benzene rings is 1. The average Bonchev–Trinajstić information content (AvgIpc) is 2.90.